The van der Waals surface area contributed by atoms with Crippen molar-refractivity contribution >= 4 is 23.2 Å². The second-order valence-corrected chi connectivity index (χ2v) is 4.15. The van der Waals surface area contributed by atoms with Crippen LogP contribution in [0.2, 0.25) is 5.02 Å². The molecule has 0 radical (unpaired) electrons. The number of nitrogens with one attached hydrogen (secondary N) is 2. The molecule has 0 aliphatic heterocycles. The number of halogens is 1. The molecule has 0 aliphatic rings. The third-order valence-corrected chi connectivity index (χ3v) is 2.59. The average Bonchev–Trinajstić information content (AvgIpc) is 2.33. The Bertz CT molecular complexity index is 696. The van der Waals surface area contributed by atoms with Crippen molar-refractivity contribution in [2.75, 3.05) is 5.32 Å². The van der Waals surface area contributed by atoms with Crippen LogP contribution in [0.5, 0.6) is 11.5 Å². The first-order chi connectivity index (χ1) is 8.97. The van der Waals surface area contributed by atoms with Gasteiger partial charge in [-0.2, -0.15) is 0 Å². The highest BCUT2D eigenvalue weighted by molar-refractivity contribution is 6.31. The first-order valence-corrected chi connectivity index (χ1v) is 5.57. The number of hydrogen-bond donors (Lipinski definition) is 4. The van der Waals surface area contributed by atoms with E-state index in [9.17, 15) is 19.8 Å². The Labute approximate surface area is 112 Å². The summed E-state index contributed by atoms with van der Waals surface area (Å²) < 4.78 is 0. The molecule has 98 valence electrons. The average molecular weight is 281 g/mol. The maximum Gasteiger partial charge on any atom is 0.261 e. The molecule has 7 heteroatoms. The van der Waals surface area contributed by atoms with E-state index in [1.807, 2.05) is 0 Å². The smallest absolute Gasteiger partial charge is 0.261 e. The van der Waals surface area contributed by atoms with Gasteiger partial charge in [0.15, 0.2) is 0 Å². The molecule has 0 aliphatic carbocycles. The van der Waals surface area contributed by atoms with Crippen molar-refractivity contribution in [3.8, 4) is 11.5 Å². The number of anilines is 1. The van der Waals surface area contributed by atoms with Crippen molar-refractivity contribution in [1.29, 1.82) is 0 Å². The minimum absolute atomic E-state index is 0.100. The van der Waals surface area contributed by atoms with Crippen LogP contribution in [-0.4, -0.2) is 21.1 Å². The fourth-order valence-electron chi connectivity index (χ4n) is 1.44. The van der Waals surface area contributed by atoms with Crippen LogP contribution in [-0.2, 0) is 0 Å². The highest BCUT2D eigenvalue weighted by Gasteiger charge is 2.13. The molecule has 0 bridgehead atoms. The van der Waals surface area contributed by atoms with E-state index < -0.39 is 17.2 Å². The van der Waals surface area contributed by atoms with Gasteiger partial charge in [-0.3, -0.25) is 9.59 Å². The molecule has 4 N–H and O–H groups in total. The second-order valence-electron chi connectivity index (χ2n) is 3.71. The van der Waals surface area contributed by atoms with Crippen LogP contribution in [0.1, 0.15) is 10.4 Å². The number of rotatable bonds is 2. The lowest BCUT2D eigenvalue weighted by Crippen LogP contribution is -2.15. The maximum absolute atomic E-state index is 11.9. The van der Waals surface area contributed by atoms with Gasteiger partial charge in [0.25, 0.3) is 11.5 Å². The van der Waals surface area contributed by atoms with Gasteiger partial charge in [-0.05, 0) is 18.2 Å². The number of carbonyl (C=O) groups excluding carboxylic acids is 1. The lowest BCUT2D eigenvalue weighted by molar-refractivity contribution is 0.102. The topological polar surface area (TPSA) is 102 Å². The van der Waals surface area contributed by atoms with Crippen molar-refractivity contribution in [2.24, 2.45) is 0 Å². The lowest BCUT2D eigenvalue weighted by atomic mass is 10.2. The fourth-order valence-corrected chi connectivity index (χ4v) is 1.61. The molecule has 1 aromatic heterocycles. The van der Waals surface area contributed by atoms with E-state index in [-0.39, 0.29) is 17.0 Å². The molecule has 0 unspecified atom stereocenters. The fraction of sp³-hybridized carbons (Fsp3) is 0. The van der Waals surface area contributed by atoms with E-state index in [1.165, 1.54) is 18.2 Å². The molecule has 2 rings (SSSR count). The quantitative estimate of drug-likeness (QED) is 0.629. The summed E-state index contributed by atoms with van der Waals surface area (Å²) in [6.45, 7) is 0. The van der Waals surface area contributed by atoms with Crippen LogP contribution in [0.15, 0.2) is 35.3 Å². The third-order valence-electron chi connectivity index (χ3n) is 2.35. The Kier molecular flexibility index (Phi) is 3.43. The van der Waals surface area contributed by atoms with Crippen LogP contribution >= 0.6 is 11.6 Å². The largest absolute Gasteiger partial charge is 0.507 e. The van der Waals surface area contributed by atoms with Crippen molar-refractivity contribution < 1.29 is 15.0 Å². The van der Waals surface area contributed by atoms with Gasteiger partial charge < -0.3 is 20.5 Å². The van der Waals surface area contributed by atoms with Crippen molar-refractivity contribution in [1.82, 2.24) is 4.98 Å². The Morgan fingerprint density at radius 3 is 2.63 bits per heavy atom. The van der Waals surface area contributed by atoms with Gasteiger partial charge in [0.2, 0.25) is 0 Å². The number of aromatic hydroxyl groups is 2. The molecule has 0 saturated carbocycles. The first-order valence-electron chi connectivity index (χ1n) is 5.19. The minimum atomic E-state index is -0.689. The molecule has 0 saturated heterocycles. The van der Waals surface area contributed by atoms with Gasteiger partial charge in [-0.25, -0.2) is 0 Å². The molecule has 0 atom stereocenters. The van der Waals surface area contributed by atoms with Crippen LogP contribution in [0.25, 0.3) is 0 Å². The summed E-state index contributed by atoms with van der Waals surface area (Å²) in [5.74, 6) is -1.31. The number of phenols is 1. The number of H-pyrrole nitrogens is 1. The zero-order valence-electron chi connectivity index (χ0n) is 9.48. The molecule has 1 amide bonds. The second kappa shape index (κ2) is 5.03. The molecular formula is C12H9ClN2O4. The SMILES string of the molecule is O=C(Nc1cc(Cl)ccc1O)c1c[nH]c(=O)cc1O. The summed E-state index contributed by atoms with van der Waals surface area (Å²) in [7, 11) is 0. The molecule has 1 aromatic carbocycles. The van der Waals surface area contributed by atoms with Crippen molar-refractivity contribution in [2.45, 2.75) is 0 Å². The van der Waals surface area contributed by atoms with Gasteiger partial charge in [0.1, 0.15) is 11.5 Å². The molecule has 1 heterocycles. The van der Waals surface area contributed by atoms with E-state index in [4.69, 9.17) is 11.6 Å². The minimum Gasteiger partial charge on any atom is -0.507 e. The first kappa shape index (κ1) is 13.0. The van der Waals surface area contributed by atoms with Crippen molar-refractivity contribution in [3.05, 3.63) is 51.4 Å². The zero-order valence-corrected chi connectivity index (χ0v) is 10.2. The Morgan fingerprint density at radius 2 is 1.95 bits per heavy atom. The van der Waals surface area contributed by atoms with Crippen LogP contribution in [0.3, 0.4) is 0 Å². The summed E-state index contributed by atoms with van der Waals surface area (Å²) >= 11 is 5.74. The summed E-state index contributed by atoms with van der Waals surface area (Å²) in [5, 5.41) is 21.7. The molecule has 0 spiro atoms. The lowest BCUT2D eigenvalue weighted by Gasteiger charge is -2.08. The van der Waals surface area contributed by atoms with Crippen LogP contribution in [0.4, 0.5) is 5.69 Å². The van der Waals surface area contributed by atoms with Gasteiger partial charge in [-0.15, -0.1) is 0 Å². The molecule has 0 fully saturated rings. The standard InChI is InChI=1S/C12H9ClN2O4/c13-6-1-2-9(16)8(3-6)15-12(19)7-5-14-11(18)4-10(7)17/h1-5,16H,(H,15,19)(H2,14,17,18). The number of aromatic amines is 1. The Hall–Kier alpha value is -2.47. The van der Waals surface area contributed by atoms with Gasteiger partial charge in [0, 0.05) is 17.3 Å². The van der Waals surface area contributed by atoms with Crippen LogP contribution < -0.4 is 10.9 Å². The highest BCUT2D eigenvalue weighted by Crippen LogP contribution is 2.27. The van der Waals surface area contributed by atoms with E-state index in [2.05, 4.69) is 10.3 Å². The van der Waals surface area contributed by atoms with Gasteiger partial charge >= 0.3 is 0 Å². The van der Waals surface area contributed by atoms with E-state index in [0.717, 1.165) is 12.3 Å². The Morgan fingerprint density at radius 1 is 1.21 bits per heavy atom. The maximum atomic E-state index is 11.9. The number of carbonyl (C=O) groups is 1. The number of pyridine rings is 1. The summed E-state index contributed by atoms with van der Waals surface area (Å²) in [4.78, 5) is 25.0. The molecule has 19 heavy (non-hydrogen) atoms. The Balaban J connectivity index is 2.30. The van der Waals surface area contributed by atoms with E-state index in [1.54, 1.807) is 0 Å². The molecule has 6 nitrogen and oxygen atoms in total. The summed E-state index contributed by atoms with van der Waals surface area (Å²) in [6.07, 6.45) is 1.08. The van der Waals surface area contributed by atoms with Gasteiger partial charge in [-0.1, -0.05) is 11.6 Å². The molecule has 2 aromatic rings. The van der Waals surface area contributed by atoms with E-state index >= 15 is 0 Å². The van der Waals surface area contributed by atoms with Gasteiger partial charge in [0.05, 0.1) is 11.3 Å². The van der Waals surface area contributed by atoms with Crippen LogP contribution in [0, 0.1) is 0 Å². The normalized spacial score (nSPS) is 10.2. The number of aromatic nitrogens is 1. The summed E-state index contributed by atoms with van der Waals surface area (Å²) in [5.41, 5.74) is -0.554. The zero-order chi connectivity index (χ0) is 14.0. The molecular weight excluding hydrogens is 272 g/mol. The van der Waals surface area contributed by atoms with E-state index in [0.29, 0.717) is 5.02 Å². The highest BCUT2D eigenvalue weighted by atomic mass is 35.5. The number of benzene rings is 1. The predicted octanol–water partition coefficient (Wildman–Crippen LogP) is 1.69. The number of phenolic OH excluding ortho intramolecular Hbond substituents is 1. The monoisotopic (exact) mass is 280 g/mol. The number of hydrogen-bond acceptors (Lipinski definition) is 4. The number of amides is 1. The summed E-state index contributed by atoms with van der Waals surface area (Å²) in [6, 6.07) is 5.03. The third kappa shape index (κ3) is 2.86. The van der Waals surface area contributed by atoms with Crippen molar-refractivity contribution in [3.63, 3.8) is 0 Å². The predicted molar refractivity (Wildman–Crippen MR) is 69.8 cm³/mol.